The monoisotopic (exact) mass is 233 g/mol. The maximum Gasteiger partial charge on any atom is 0.335 e. The highest BCUT2D eigenvalue weighted by atomic mass is 32.2. The van der Waals surface area contributed by atoms with Gasteiger partial charge in [-0.05, 0) is 23.9 Å². The van der Waals surface area contributed by atoms with Gasteiger partial charge in [-0.25, -0.2) is 14.8 Å². The number of hydrogen-bond donors (Lipinski definition) is 1. The third kappa shape index (κ3) is 2.54. The molecule has 6 heteroatoms. The van der Waals surface area contributed by atoms with Crippen LogP contribution in [0.25, 0.3) is 0 Å². The molecule has 0 spiro atoms. The van der Waals surface area contributed by atoms with E-state index in [1.807, 2.05) is 0 Å². The Morgan fingerprint density at radius 2 is 2.00 bits per heavy atom. The molecule has 0 aliphatic rings. The number of aromatic nitrogens is 3. The molecule has 0 aromatic carbocycles. The Hall–Kier alpha value is -1.95. The second kappa shape index (κ2) is 4.71. The molecule has 16 heavy (non-hydrogen) atoms. The largest absolute Gasteiger partial charge is 0.478 e. The Morgan fingerprint density at radius 3 is 2.69 bits per heavy atom. The van der Waals surface area contributed by atoms with Gasteiger partial charge in [0, 0.05) is 18.6 Å². The van der Waals surface area contributed by atoms with Crippen molar-refractivity contribution in [2.24, 2.45) is 0 Å². The summed E-state index contributed by atoms with van der Waals surface area (Å²) in [4.78, 5) is 22.8. The lowest BCUT2D eigenvalue weighted by atomic mass is 10.3. The first-order chi connectivity index (χ1) is 7.75. The van der Waals surface area contributed by atoms with Crippen LogP contribution in [-0.4, -0.2) is 26.0 Å². The lowest BCUT2D eigenvalue weighted by Gasteiger charge is -2.00. The van der Waals surface area contributed by atoms with Crippen molar-refractivity contribution in [3.63, 3.8) is 0 Å². The molecule has 80 valence electrons. The zero-order valence-electron chi connectivity index (χ0n) is 8.07. The van der Waals surface area contributed by atoms with Crippen molar-refractivity contribution < 1.29 is 9.90 Å². The molecule has 0 amide bonds. The molecule has 0 saturated heterocycles. The van der Waals surface area contributed by atoms with Crippen LogP contribution in [0, 0.1) is 0 Å². The summed E-state index contributed by atoms with van der Waals surface area (Å²) in [6.07, 6.45) is 6.20. The van der Waals surface area contributed by atoms with Crippen molar-refractivity contribution in [3.05, 3.63) is 42.5 Å². The first kappa shape index (κ1) is 10.6. The van der Waals surface area contributed by atoms with Crippen LogP contribution in [0.3, 0.4) is 0 Å². The summed E-state index contributed by atoms with van der Waals surface area (Å²) in [5.41, 5.74) is 0.210. The first-order valence-corrected chi connectivity index (χ1v) is 5.20. The normalized spacial score (nSPS) is 10.0. The van der Waals surface area contributed by atoms with Gasteiger partial charge >= 0.3 is 5.97 Å². The Labute approximate surface area is 95.6 Å². The maximum atomic E-state index is 10.7. The van der Waals surface area contributed by atoms with E-state index in [1.54, 1.807) is 18.6 Å². The van der Waals surface area contributed by atoms with E-state index < -0.39 is 5.97 Å². The number of aromatic carboxylic acids is 1. The molecule has 2 aromatic heterocycles. The molecular weight excluding hydrogens is 226 g/mol. The number of hydrogen-bond acceptors (Lipinski definition) is 5. The van der Waals surface area contributed by atoms with Crippen molar-refractivity contribution in [2.75, 3.05) is 0 Å². The van der Waals surface area contributed by atoms with Crippen molar-refractivity contribution >= 4 is 17.7 Å². The van der Waals surface area contributed by atoms with Gasteiger partial charge in [0.05, 0.1) is 11.8 Å². The SMILES string of the molecule is O=C(O)c1ccnc(Sc2cnccn2)c1. The van der Waals surface area contributed by atoms with Gasteiger partial charge in [0.25, 0.3) is 0 Å². The van der Waals surface area contributed by atoms with Crippen LogP contribution in [0.15, 0.2) is 47.0 Å². The van der Waals surface area contributed by atoms with Crippen LogP contribution >= 0.6 is 11.8 Å². The van der Waals surface area contributed by atoms with Crippen molar-refractivity contribution in [3.8, 4) is 0 Å². The van der Waals surface area contributed by atoms with E-state index in [0.29, 0.717) is 10.1 Å². The third-order valence-corrected chi connectivity index (χ3v) is 2.58. The summed E-state index contributed by atoms with van der Waals surface area (Å²) in [5.74, 6) is -0.969. The Balaban J connectivity index is 2.22. The lowest BCUT2D eigenvalue weighted by Crippen LogP contribution is -1.96. The standard InChI is InChI=1S/C10H7N3O2S/c14-10(15)7-1-2-12-8(5-7)16-9-6-11-3-4-13-9/h1-6H,(H,14,15). The molecule has 0 unspecified atom stereocenters. The molecule has 1 N–H and O–H groups in total. The zero-order chi connectivity index (χ0) is 11.4. The van der Waals surface area contributed by atoms with Gasteiger partial charge in [-0.1, -0.05) is 0 Å². The highest BCUT2D eigenvalue weighted by Crippen LogP contribution is 2.23. The molecule has 2 heterocycles. The van der Waals surface area contributed by atoms with E-state index in [0.717, 1.165) is 0 Å². The van der Waals surface area contributed by atoms with Crippen LogP contribution in [0.1, 0.15) is 10.4 Å². The molecular formula is C10H7N3O2S. The first-order valence-electron chi connectivity index (χ1n) is 4.39. The highest BCUT2D eigenvalue weighted by molar-refractivity contribution is 7.99. The number of nitrogens with zero attached hydrogens (tertiary/aromatic N) is 3. The second-order valence-electron chi connectivity index (χ2n) is 2.83. The quantitative estimate of drug-likeness (QED) is 0.869. The average Bonchev–Trinajstić information content (AvgIpc) is 2.30. The molecule has 5 nitrogen and oxygen atoms in total. The summed E-state index contributed by atoms with van der Waals surface area (Å²) in [5, 5.41) is 10.1. The molecule has 0 radical (unpaired) electrons. The molecule has 2 rings (SSSR count). The van der Waals surface area contributed by atoms with Gasteiger partial charge < -0.3 is 5.11 Å². The Bertz CT molecular complexity index is 504. The van der Waals surface area contributed by atoms with E-state index >= 15 is 0 Å². The summed E-state index contributed by atoms with van der Waals surface area (Å²) in [6.45, 7) is 0. The minimum absolute atomic E-state index is 0.210. The molecule has 0 saturated carbocycles. The second-order valence-corrected chi connectivity index (χ2v) is 3.87. The zero-order valence-corrected chi connectivity index (χ0v) is 8.89. The van der Waals surface area contributed by atoms with Gasteiger partial charge in [0.2, 0.25) is 0 Å². The minimum Gasteiger partial charge on any atom is -0.478 e. The predicted molar refractivity (Wildman–Crippen MR) is 57.4 cm³/mol. The molecule has 0 bridgehead atoms. The highest BCUT2D eigenvalue weighted by Gasteiger charge is 2.05. The van der Waals surface area contributed by atoms with Gasteiger partial charge in [0.15, 0.2) is 0 Å². The van der Waals surface area contributed by atoms with Gasteiger partial charge in [-0.3, -0.25) is 4.98 Å². The van der Waals surface area contributed by atoms with Crippen molar-refractivity contribution in [2.45, 2.75) is 10.1 Å². The van der Waals surface area contributed by atoms with Crippen LogP contribution in [0.4, 0.5) is 0 Å². The molecule has 0 atom stereocenters. The smallest absolute Gasteiger partial charge is 0.335 e. The molecule has 0 aliphatic carbocycles. The van der Waals surface area contributed by atoms with Crippen molar-refractivity contribution in [1.82, 2.24) is 15.0 Å². The van der Waals surface area contributed by atoms with Crippen LogP contribution in [0.2, 0.25) is 0 Å². The van der Waals surface area contributed by atoms with Crippen LogP contribution in [0.5, 0.6) is 0 Å². The third-order valence-electron chi connectivity index (χ3n) is 1.73. The summed E-state index contributed by atoms with van der Waals surface area (Å²) in [7, 11) is 0. The minimum atomic E-state index is -0.969. The number of carbonyl (C=O) groups is 1. The van der Waals surface area contributed by atoms with Gasteiger partial charge in [0.1, 0.15) is 10.1 Å². The number of carboxylic acid groups (broad SMARTS) is 1. The summed E-state index contributed by atoms with van der Waals surface area (Å²) >= 11 is 1.27. The number of pyridine rings is 1. The van der Waals surface area contributed by atoms with Gasteiger partial charge in [-0.2, -0.15) is 0 Å². The van der Waals surface area contributed by atoms with E-state index in [4.69, 9.17) is 5.11 Å². The predicted octanol–water partition coefficient (Wildman–Crippen LogP) is 1.72. The molecule has 2 aromatic rings. The van der Waals surface area contributed by atoms with Crippen LogP contribution in [-0.2, 0) is 0 Å². The fourth-order valence-corrected chi connectivity index (χ4v) is 1.78. The maximum absolute atomic E-state index is 10.7. The van der Waals surface area contributed by atoms with E-state index in [2.05, 4.69) is 15.0 Å². The van der Waals surface area contributed by atoms with E-state index in [9.17, 15) is 4.79 Å². The summed E-state index contributed by atoms with van der Waals surface area (Å²) in [6, 6.07) is 2.95. The summed E-state index contributed by atoms with van der Waals surface area (Å²) < 4.78 is 0. The lowest BCUT2D eigenvalue weighted by molar-refractivity contribution is 0.0696. The average molecular weight is 233 g/mol. The molecule has 0 aliphatic heterocycles. The van der Waals surface area contributed by atoms with E-state index in [-0.39, 0.29) is 5.56 Å². The molecule has 0 fully saturated rings. The van der Waals surface area contributed by atoms with Crippen LogP contribution < -0.4 is 0 Å². The van der Waals surface area contributed by atoms with E-state index in [1.165, 1.54) is 30.1 Å². The Morgan fingerprint density at radius 1 is 1.19 bits per heavy atom. The Kier molecular flexibility index (Phi) is 3.11. The number of rotatable bonds is 3. The van der Waals surface area contributed by atoms with Crippen molar-refractivity contribution in [1.29, 1.82) is 0 Å². The topological polar surface area (TPSA) is 76.0 Å². The fraction of sp³-hybridized carbons (Fsp3) is 0. The number of carboxylic acids is 1. The van der Waals surface area contributed by atoms with Gasteiger partial charge in [-0.15, -0.1) is 0 Å². The fourth-order valence-electron chi connectivity index (χ4n) is 1.04.